The highest BCUT2D eigenvalue weighted by atomic mass is 35.5. The van der Waals surface area contributed by atoms with Crippen LogP contribution in [-0.2, 0) is 4.74 Å². The Hall–Kier alpha value is -2.67. The number of methoxy groups -OCH3 is 1. The number of ether oxygens (including phenoxy) is 1. The van der Waals surface area contributed by atoms with Gasteiger partial charge in [-0.05, 0) is 24.3 Å². The molecule has 0 spiro atoms. The Bertz CT molecular complexity index is 693. The number of carbonyl (C=O) groups excluding carboxylic acids is 1. The minimum absolute atomic E-state index is 0. The zero-order chi connectivity index (χ0) is 16.7. The molecule has 124 valence electrons. The zero-order valence-corrected chi connectivity index (χ0v) is 12.1. The van der Waals surface area contributed by atoms with Crippen LogP contribution in [0.25, 0.3) is 0 Å². The molecule has 0 unspecified atom stereocenters. The van der Waals surface area contributed by atoms with Crippen molar-refractivity contribution >= 4 is 23.3 Å². The molecule has 0 aromatic heterocycles. The molecule has 0 amide bonds. The van der Waals surface area contributed by atoms with Crippen LogP contribution in [-0.4, -0.2) is 23.1 Å². The molecule has 0 aliphatic heterocycles. The number of nitrogens with zero attached hydrogens (tertiary/aromatic N) is 1. The second kappa shape index (κ2) is 9.37. The third-order valence-electron chi connectivity index (χ3n) is 2.42. The number of carbonyl (C=O) groups is 1. The predicted octanol–water partition coefficient (Wildman–Crippen LogP) is 4.20. The largest absolute Gasteiger partial charge is 0.507 e. The maximum atomic E-state index is 12.6. The van der Waals surface area contributed by atoms with Crippen molar-refractivity contribution in [2.45, 2.75) is 7.43 Å². The van der Waals surface area contributed by atoms with E-state index in [0.717, 1.165) is 12.1 Å². The molecule has 2 aromatic rings. The van der Waals surface area contributed by atoms with E-state index in [1.165, 1.54) is 25.3 Å². The van der Waals surface area contributed by atoms with E-state index in [2.05, 4.69) is 4.74 Å². The van der Waals surface area contributed by atoms with E-state index in [0.29, 0.717) is 0 Å². The normalized spacial score (nSPS) is 9.00. The van der Waals surface area contributed by atoms with Gasteiger partial charge in [-0.25, -0.2) is 4.79 Å². The fraction of sp³-hybridized carbons (Fsp3) is 0.133. The minimum atomic E-state index is -0.914. The number of nitro benzene ring substituents is 1. The summed E-state index contributed by atoms with van der Waals surface area (Å²) in [5.41, 5.74) is -0.371. The quantitative estimate of drug-likeness (QED) is 0.501. The van der Waals surface area contributed by atoms with E-state index in [9.17, 15) is 19.3 Å². The first-order valence-corrected chi connectivity index (χ1v) is 6.20. The Morgan fingerprint density at radius 3 is 2.39 bits per heavy atom. The molecule has 0 saturated heterocycles. The van der Waals surface area contributed by atoms with E-state index < -0.39 is 22.4 Å². The van der Waals surface area contributed by atoms with Crippen LogP contribution in [0.2, 0.25) is 5.02 Å². The molecule has 8 heteroatoms. The molecule has 0 bridgehead atoms. The minimum Gasteiger partial charge on any atom is -0.507 e. The second-order valence-electron chi connectivity index (χ2n) is 3.86. The Morgan fingerprint density at radius 1 is 1.30 bits per heavy atom. The van der Waals surface area contributed by atoms with Gasteiger partial charge in [-0.15, -0.1) is 0 Å². The molecule has 0 aliphatic carbocycles. The summed E-state index contributed by atoms with van der Waals surface area (Å²) in [6.07, 6.45) is 0. The van der Waals surface area contributed by atoms with Gasteiger partial charge in [-0.2, -0.15) is 4.39 Å². The molecule has 0 heterocycles. The van der Waals surface area contributed by atoms with Gasteiger partial charge in [0, 0.05) is 11.1 Å². The summed E-state index contributed by atoms with van der Waals surface area (Å²) in [6, 6.07) is 9.43. The first-order chi connectivity index (χ1) is 10.4. The Morgan fingerprint density at radius 2 is 1.91 bits per heavy atom. The van der Waals surface area contributed by atoms with Crippen LogP contribution in [0.3, 0.4) is 0 Å². The van der Waals surface area contributed by atoms with Crippen molar-refractivity contribution in [3.8, 4) is 5.75 Å². The molecule has 6 nitrogen and oxygen atoms in total. The van der Waals surface area contributed by atoms with Gasteiger partial charge in [-0.1, -0.05) is 31.2 Å². The Kier molecular flexibility index (Phi) is 8.28. The molecule has 0 radical (unpaired) electrons. The highest BCUT2D eigenvalue weighted by molar-refractivity contribution is 6.30. The summed E-state index contributed by atoms with van der Waals surface area (Å²) < 4.78 is 17.0. The number of hydrogen-bond donors (Lipinski definition) is 1. The van der Waals surface area contributed by atoms with Gasteiger partial charge < -0.3 is 9.84 Å². The van der Waals surface area contributed by atoms with E-state index in [1.54, 1.807) is 12.1 Å². The van der Waals surface area contributed by atoms with Crippen molar-refractivity contribution in [2.75, 3.05) is 7.11 Å². The number of phenols is 1. The predicted molar refractivity (Wildman–Crippen MR) is 84.2 cm³/mol. The van der Waals surface area contributed by atoms with Crippen molar-refractivity contribution < 1.29 is 24.0 Å². The van der Waals surface area contributed by atoms with Gasteiger partial charge in [0.2, 0.25) is 5.82 Å². The van der Waals surface area contributed by atoms with Crippen LogP contribution in [0.15, 0.2) is 42.5 Å². The molecule has 0 saturated carbocycles. The molecule has 0 fully saturated rings. The molecule has 23 heavy (non-hydrogen) atoms. The molecular weight excluding hydrogens is 329 g/mol. The van der Waals surface area contributed by atoms with Gasteiger partial charge in [0.05, 0.1) is 12.0 Å². The van der Waals surface area contributed by atoms with Crippen LogP contribution in [0, 0.1) is 15.9 Å². The average Bonchev–Trinajstić information content (AvgIpc) is 2.47. The highest BCUT2D eigenvalue weighted by Crippen LogP contribution is 2.20. The number of para-hydroxylation sites is 1. The van der Waals surface area contributed by atoms with Crippen molar-refractivity contribution in [1.29, 1.82) is 0 Å². The fourth-order valence-electron chi connectivity index (χ4n) is 1.39. The molecule has 0 aliphatic rings. The number of benzene rings is 2. The maximum Gasteiger partial charge on any atom is 0.341 e. The monoisotopic (exact) mass is 343 g/mol. The molecule has 0 atom stereocenters. The number of nitro groups is 1. The molecule has 2 rings (SSSR count). The number of rotatable bonds is 2. The maximum absolute atomic E-state index is 12.6. The van der Waals surface area contributed by atoms with Crippen LogP contribution in [0.4, 0.5) is 10.1 Å². The number of esters is 1. The van der Waals surface area contributed by atoms with E-state index in [4.69, 9.17) is 16.7 Å². The first-order valence-electron chi connectivity index (χ1n) is 5.82. The van der Waals surface area contributed by atoms with Gasteiger partial charge in [-0.3, -0.25) is 10.1 Å². The van der Waals surface area contributed by atoms with Crippen LogP contribution >= 0.6 is 11.6 Å². The second-order valence-corrected chi connectivity index (χ2v) is 4.30. The highest BCUT2D eigenvalue weighted by Gasteiger charge is 2.12. The standard InChI is InChI=1S/C8H8O3.C6H3ClFNO2.CH4/c1-11-8(10)6-4-2-3-5-7(6)9;7-4-1-2-6(9(10)11)5(8)3-4;/h2-5,9H,1H3;1-3H;1H4. The topological polar surface area (TPSA) is 89.7 Å². The Balaban J connectivity index is 0.000000403. The lowest BCUT2D eigenvalue weighted by Crippen LogP contribution is -2.00. The summed E-state index contributed by atoms with van der Waals surface area (Å²) >= 11 is 5.36. The van der Waals surface area contributed by atoms with Crippen molar-refractivity contribution in [3.05, 3.63) is 69.0 Å². The van der Waals surface area contributed by atoms with Crippen LogP contribution in [0.1, 0.15) is 17.8 Å². The van der Waals surface area contributed by atoms with E-state index in [-0.39, 0.29) is 23.8 Å². The van der Waals surface area contributed by atoms with E-state index >= 15 is 0 Å². The van der Waals surface area contributed by atoms with Crippen molar-refractivity contribution in [3.63, 3.8) is 0 Å². The average molecular weight is 344 g/mol. The summed E-state index contributed by atoms with van der Waals surface area (Å²) in [5.74, 6) is -1.50. The number of aromatic hydroxyl groups is 1. The van der Waals surface area contributed by atoms with Gasteiger partial charge in [0.25, 0.3) is 0 Å². The third kappa shape index (κ3) is 5.91. The summed E-state index contributed by atoms with van der Waals surface area (Å²) in [5, 5.41) is 19.3. The number of hydrogen-bond acceptors (Lipinski definition) is 5. The summed E-state index contributed by atoms with van der Waals surface area (Å²) in [4.78, 5) is 20.1. The van der Waals surface area contributed by atoms with Gasteiger partial charge in [0.1, 0.15) is 11.3 Å². The third-order valence-corrected chi connectivity index (χ3v) is 2.65. The lowest BCUT2D eigenvalue weighted by molar-refractivity contribution is -0.387. The van der Waals surface area contributed by atoms with Gasteiger partial charge in [0.15, 0.2) is 0 Å². The van der Waals surface area contributed by atoms with Crippen molar-refractivity contribution in [1.82, 2.24) is 0 Å². The molecular formula is C15H15ClFNO5. The summed E-state index contributed by atoms with van der Waals surface area (Å²) in [7, 11) is 1.27. The smallest absolute Gasteiger partial charge is 0.341 e. The van der Waals surface area contributed by atoms with Crippen LogP contribution in [0.5, 0.6) is 5.75 Å². The fourth-order valence-corrected chi connectivity index (χ4v) is 1.54. The SMILES string of the molecule is C.COC(=O)c1ccccc1O.O=[N+]([O-])c1ccc(Cl)cc1F. The lowest BCUT2D eigenvalue weighted by atomic mass is 10.2. The van der Waals surface area contributed by atoms with Crippen molar-refractivity contribution in [2.24, 2.45) is 0 Å². The molecule has 1 N–H and O–H groups in total. The zero-order valence-electron chi connectivity index (χ0n) is 11.3. The number of halogens is 2. The summed E-state index contributed by atoms with van der Waals surface area (Å²) in [6.45, 7) is 0. The molecule has 2 aromatic carbocycles. The lowest BCUT2D eigenvalue weighted by Gasteiger charge is -1.99. The van der Waals surface area contributed by atoms with Crippen LogP contribution < -0.4 is 0 Å². The van der Waals surface area contributed by atoms with Gasteiger partial charge >= 0.3 is 11.7 Å². The first kappa shape index (κ1) is 20.3. The van der Waals surface area contributed by atoms with E-state index in [1.807, 2.05) is 0 Å². The Labute approximate surface area is 137 Å². The number of phenolic OH excluding ortho intramolecular Hbond substituents is 1.